The van der Waals surface area contributed by atoms with Crippen LogP contribution in [0.4, 0.5) is 0 Å². The molecule has 1 aromatic rings. The molecule has 0 saturated heterocycles. The Balaban J connectivity index is 1.96. The van der Waals surface area contributed by atoms with E-state index in [1.165, 1.54) is 32.1 Å². The van der Waals surface area contributed by atoms with E-state index < -0.39 is 12.0 Å². The monoisotopic (exact) mass is 279 g/mol. The molecule has 0 spiro atoms. The fourth-order valence-electron chi connectivity index (χ4n) is 3.08. The molecule has 1 fully saturated rings. The van der Waals surface area contributed by atoms with Gasteiger partial charge in [-0.15, -0.1) is 0 Å². The number of carbonyl (C=O) groups is 1. The minimum absolute atomic E-state index is 0.423. The summed E-state index contributed by atoms with van der Waals surface area (Å²) >= 11 is 0. The molecule has 1 saturated carbocycles. The molecule has 1 atom stereocenters. The number of aliphatic carboxylic acids is 1. The molecule has 1 aromatic heterocycles. The Morgan fingerprint density at radius 2 is 2.20 bits per heavy atom. The Morgan fingerprint density at radius 3 is 2.80 bits per heavy atom. The highest BCUT2D eigenvalue weighted by Crippen LogP contribution is 2.27. The minimum Gasteiger partial charge on any atom is -0.480 e. The van der Waals surface area contributed by atoms with Gasteiger partial charge in [-0.1, -0.05) is 26.2 Å². The summed E-state index contributed by atoms with van der Waals surface area (Å²) in [6, 6.07) is 0.109. The van der Waals surface area contributed by atoms with Crippen molar-refractivity contribution in [1.82, 2.24) is 14.7 Å². The molecule has 1 heterocycles. The second kappa shape index (κ2) is 6.88. The molecule has 0 amide bonds. The zero-order valence-corrected chi connectivity index (χ0v) is 12.5. The number of carboxylic acids is 1. The normalized spacial score (nSPS) is 18.4. The van der Waals surface area contributed by atoms with Crippen LogP contribution in [-0.2, 0) is 11.3 Å². The number of likely N-dealkylation sites (N-methyl/N-ethyl adjacent to an activating group) is 1. The van der Waals surface area contributed by atoms with Gasteiger partial charge in [0.15, 0.2) is 0 Å². The van der Waals surface area contributed by atoms with E-state index in [4.69, 9.17) is 5.11 Å². The molecule has 0 unspecified atom stereocenters. The van der Waals surface area contributed by atoms with E-state index in [9.17, 15) is 4.79 Å². The van der Waals surface area contributed by atoms with E-state index in [0.29, 0.717) is 19.0 Å². The molecule has 5 heteroatoms. The second-order valence-electron chi connectivity index (χ2n) is 5.80. The van der Waals surface area contributed by atoms with E-state index in [1.807, 2.05) is 25.1 Å². The van der Waals surface area contributed by atoms with Crippen molar-refractivity contribution in [2.24, 2.45) is 0 Å². The van der Waals surface area contributed by atoms with Gasteiger partial charge >= 0.3 is 5.97 Å². The van der Waals surface area contributed by atoms with Gasteiger partial charge in [0, 0.05) is 18.3 Å². The number of carboxylic acid groups (broad SMARTS) is 1. The Bertz CT molecular complexity index is 438. The van der Waals surface area contributed by atoms with Crippen LogP contribution in [0.25, 0.3) is 0 Å². The van der Waals surface area contributed by atoms with Gasteiger partial charge in [-0.05, 0) is 26.3 Å². The SMILES string of the molecule is CC[C@H](C(=O)O)N(C)Cc1cnn(C2CCCCC2)c1. The quantitative estimate of drug-likeness (QED) is 0.869. The smallest absolute Gasteiger partial charge is 0.320 e. The third-order valence-electron chi connectivity index (χ3n) is 4.24. The van der Waals surface area contributed by atoms with Crippen LogP contribution in [0.5, 0.6) is 0 Å². The van der Waals surface area contributed by atoms with Gasteiger partial charge < -0.3 is 5.11 Å². The van der Waals surface area contributed by atoms with E-state index >= 15 is 0 Å². The first-order chi connectivity index (χ1) is 9.61. The third kappa shape index (κ3) is 3.60. The predicted octanol–water partition coefficient (Wildman–Crippen LogP) is 2.68. The molecule has 1 N–H and O–H groups in total. The first-order valence-corrected chi connectivity index (χ1v) is 7.58. The topological polar surface area (TPSA) is 58.4 Å². The van der Waals surface area contributed by atoms with Gasteiger partial charge in [0.05, 0.1) is 12.2 Å². The molecule has 1 aliphatic carbocycles. The molecule has 20 heavy (non-hydrogen) atoms. The summed E-state index contributed by atoms with van der Waals surface area (Å²) in [5, 5.41) is 13.6. The fourth-order valence-corrected chi connectivity index (χ4v) is 3.08. The maximum absolute atomic E-state index is 11.2. The largest absolute Gasteiger partial charge is 0.480 e. The zero-order valence-electron chi connectivity index (χ0n) is 12.5. The summed E-state index contributed by atoms with van der Waals surface area (Å²) in [5.41, 5.74) is 1.10. The van der Waals surface area contributed by atoms with Crippen molar-refractivity contribution in [2.45, 2.75) is 64.1 Å². The van der Waals surface area contributed by atoms with Crippen molar-refractivity contribution < 1.29 is 9.90 Å². The van der Waals surface area contributed by atoms with Gasteiger partial charge in [-0.25, -0.2) is 0 Å². The van der Waals surface area contributed by atoms with Crippen LogP contribution < -0.4 is 0 Å². The van der Waals surface area contributed by atoms with Gasteiger partial charge in [0.1, 0.15) is 6.04 Å². The first-order valence-electron chi connectivity index (χ1n) is 7.58. The van der Waals surface area contributed by atoms with Crippen LogP contribution in [0.3, 0.4) is 0 Å². The number of hydrogen-bond acceptors (Lipinski definition) is 3. The Kier molecular flexibility index (Phi) is 5.17. The lowest BCUT2D eigenvalue weighted by molar-refractivity contribution is -0.143. The highest BCUT2D eigenvalue weighted by molar-refractivity contribution is 5.73. The molecule has 112 valence electrons. The summed E-state index contributed by atoms with van der Waals surface area (Å²) in [7, 11) is 1.86. The number of hydrogen-bond donors (Lipinski definition) is 1. The van der Waals surface area contributed by atoms with Crippen molar-refractivity contribution in [3.63, 3.8) is 0 Å². The zero-order chi connectivity index (χ0) is 14.5. The Hall–Kier alpha value is -1.36. The van der Waals surface area contributed by atoms with Crippen LogP contribution in [-0.4, -0.2) is 38.8 Å². The molecule has 0 bridgehead atoms. The lowest BCUT2D eigenvalue weighted by Gasteiger charge is -2.23. The first kappa shape index (κ1) is 15.0. The number of rotatable bonds is 6. The lowest BCUT2D eigenvalue weighted by atomic mass is 9.96. The van der Waals surface area contributed by atoms with Crippen LogP contribution in [0, 0.1) is 0 Å². The van der Waals surface area contributed by atoms with Gasteiger partial charge in [-0.2, -0.15) is 5.10 Å². The Morgan fingerprint density at radius 1 is 1.50 bits per heavy atom. The van der Waals surface area contributed by atoms with Crippen LogP contribution in [0.2, 0.25) is 0 Å². The van der Waals surface area contributed by atoms with Crippen LogP contribution in [0.1, 0.15) is 57.1 Å². The van der Waals surface area contributed by atoms with Crippen LogP contribution >= 0.6 is 0 Å². The molecular weight excluding hydrogens is 254 g/mol. The average molecular weight is 279 g/mol. The van der Waals surface area contributed by atoms with E-state index in [1.54, 1.807) is 0 Å². The molecule has 0 radical (unpaired) electrons. The maximum Gasteiger partial charge on any atom is 0.320 e. The van der Waals surface area contributed by atoms with Gasteiger partial charge in [-0.3, -0.25) is 14.4 Å². The highest BCUT2D eigenvalue weighted by atomic mass is 16.4. The number of aromatic nitrogens is 2. The summed E-state index contributed by atoms with van der Waals surface area (Å²) in [6.45, 7) is 2.54. The molecule has 0 aliphatic heterocycles. The Labute approximate surface area is 120 Å². The number of nitrogens with zero attached hydrogens (tertiary/aromatic N) is 3. The van der Waals surface area contributed by atoms with Crippen LogP contribution in [0.15, 0.2) is 12.4 Å². The molecule has 1 aliphatic rings. The molecule has 5 nitrogen and oxygen atoms in total. The minimum atomic E-state index is -0.755. The standard InChI is InChI=1S/C15H25N3O2/c1-3-14(15(19)20)17(2)10-12-9-16-18(11-12)13-7-5-4-6-8-13/h9,11,13-14H,3-8,10H2,1-2H3,(H,19,20)/t14-/m1/s1. The van der Waals surface area contributed by atoms with Crippen molar-refractivity contribution in [3.05, 3.63) is 18.0 Å². The van der Waals surface area contributed by atoms with Crippen molar-refractivity contribution in [2.75, 3.05) is 7.05 Å². The van der Waals surface area contributed by atoms with Gasteiger partial charge in [0.25, 0.3) is 0 Å². The molecule has 0 aromatic carbocycles. The summed E-state index contributed by atoms with van der Waals surface area (Å²) in [6.07, 6.45) is 10.9. The molecular formula is C15H25N3O2. The van der Waals surface area contributed by atoms with Crippen molar-refractivity contribution >= 4 is 5.97 Å². The third-order valence-corrected chi connectivity index (χ3v) is 4.24. The van der Waals surface area contributed by atoms with E-state index in [0.717, 1.165) is 5.56 Å². The lowest BCUT2D eigenvalue weighted by Crippen LogP contribution is -2.37. The van der Waals surface area contributed by atoms with Crippen molar-refractivity contribution in [3.8, 4) is 0 Å². The fraction of sp³-hybridized carbons (Fsp3) is 0.733. The van der Waals surface area contributed by atoms with Crippen molar-refractivity contribution in [1.29, 1.82) is 0 Å². The van der Waals surface area contributed by atoms with Gasteiger partial charge in [0.2, 0.25) is 0 Å². The summed E-state index contributed by atoms with van der Waals surface area (Å²) in [4.78, 5) is 13.0. The maximum atomic E-state index is 11.2. The summed E-state index contributed by atoms with van der Waals surface area (Å²) < 4.78 is 2.07. The second-order valence-corrected chi connectivity index (χ2v) is 5.80. The summed E-state index contributed by atoms with van der Waals surface area (Å²) in [5.74, 6) is -0.755. The highest BCUT2D eigenvalue weighted by Gasteiger charge is 2.21. The molecule has 2 rings (SSSR count). The predicted molar refractivity (Wildman–Crippen MR) is 77.5 cm³/mol. The average Bonchev–Trinajstić information content (AvgIpc) is 2.88. The van der Waals surface area contributed by atoms with E-state index in [2.05, 4.69) is 16.0 Å². The van der Waals surface area contributed by atoms with E-state index in [-0.39, 0.29) is 0 Å².